The fourth-order valence-electron chi connectivity index (χ4n) is 0.646. The van der Waals surface area contributed by atoms with Crippen LogP contribution in [0.2, 0.25) is 0 Å². The van der Waals surface area contributed by atoms with Crippen molar-refractivity contribution < 1.29 is 9.21 Å². The van der Waals surface area contributed by atoms with Crippen LogP contribution >= 0.6 is 15.9 Å². The summed E-state index contributed by atoms with van der Waals surface area (Å²) >= 11 is 3.32. The molecular weight excluding hydrogens is 196 g/mol. The molecule has 1 atom stereocenters. The van der Waals surface area contributed by atoms with E-state index in [4.69, 9.17) is 4.42 Å². The van der Waals surface area contributed by atoms with Crippen LogP contribution < -0.4 is 0 Å². The molecule has 0 N–H and O–H groups in total. The first-order valence-electron chi connectivity index (χ1n) is 2.93. The monoisotopic (exact) mass is 202 g/mol. The molecule has 0 saturated carbocycles. The Kier molecular flexibility index (Phi) is 2.27. The minimum absolute atomic E-state index is 0.168. The van der Waals surface area contributed by atoms with E-state index in [1.165, 1.54) is 0 Å². The second-order valence-corrected chi connectivity index (χ2v) is 3.35. The summed E-state index contributed by atoms with van der Waals surface area (Å²) < 4.78 is 5.08. The molecule has 1 aromatic heterocycles. The Morgan fingerprint density at radius 3 is 2.70 bits per heavy atom. The maximum atomic E-state index is 10.1. The number of carbonyl (C=O) groups is 1. The summed E-state index contributed by atoms with van der Waals surface area (Å²) in [6, 6.07) is 3.43. The van der Waals surface area contributed by atoms with Crippen LogP contribution in [-0.4, -0.2) is 6.29 Å². The molecule has 2 nitrogen and oxygen atoms in total. The Bertz CT molecular complexity index is 227. The molecule has 54 valence electrons. The summed E-state index contributed by atoms with van der Waals surface area (Å²) in [7, 11) is 0. The van der Waals surface area contributed by atoms with E-state index < -0.39 is 0 Å². The highest BCUT2D eigenvalue weighted by Crippen LogP contribution is 2.22. The Morgan fingerprint density at radius 1 is 1.70 bits per heavy atom. The van der Waals surface area contributed by atoms with Crippen molar-refractivity contribution in [2.24, 2.45) is 0 Å². The minimum atomic E-state index is 0.168. The molecule has 0 radical (unpaired) electrons. The van der Waals surface area contributed by atoms with E-state index in [-0.39, 0.29) is 4.83 Å². The summed E-state index contributed by atoms with van der Waals surface area (Å²) in [5, 5.41) is 0. The van der Waals surface area contributed by atoms with Gasteiger partial charge in [-0.1, -0.05) is 15.9 Å². The van der Waals surface area contributed by atoms with Gasteiger partial charge in [-0.25, -0.2) is 0 Å². The maximum absolute atomic E-state index is 10.1. The van der Waals surface area contributed by atoms with Gasteiger partial charge in [-0.05, 0) is 19.1 Å². The predicted molar refractivity (Wildman–Crippen MR) is 41.4 cm³/mol. The molecule has 0 aliphatic carbocycles. The Labute approximate surface area is 67.3 Å². The SMILES string of the molecule is CC(Br)c1ccc(C=O)o1. The molecule has 3 heteroatoms. The Balaban J connectivity index is 2.88. The van der Waals surface area contributed by atoms with Gasteiger partial charge in [0.25, 0.3) is 0 Å². The lowest BCUT2D eigenvalue weighted by Crippen LogP contribution is -1.76. The number of hydrogen-bond acceptors (Lipinski definition) is 2. The van der Waals surface area contributed by atoms with Gasteiger partial charge < -0.3 is 4.42 Å². The van der Waals surface area contributed by atoms with Crippen molar-refractivity contribution >= 4 is 22.2 Å². The first-order chi connectivity index (χ1) is 4.74. The molecule has 0 spiro atoms. The van der Waals surface area contributed by atoms with Crippen molar-refractivity contribution in [1.29, 1.82) is 0 Å². The summed E-state index contributed by atoms with van der Waals surface area (Å²) in [4.78, 5) is 10.3. The Morgan fingerprint density at radius 2 is 2.40 bits per heavy atom. The number of rotatable bonds is 2. The van der Waals surface area contributed by atoms with E-state index in [0.717, 1.165) is 5.76 Å². The van der Waals surface area contributed by atoms with Crippen LogP contribution in [0.3, 0.4) is 0 Å². The second kappa shape index (κ2) is 3.01. The van der Waals surface area contributed by atoms with Gasteiger partial charge in [-0.2, -0.15) is 0 Å². The highest BCUT2D eigenvalue weighted by Gasteiger charge is 2.04. The van der Waals surface area contributed by atoms with Crippen molar-refractivity contribution in [1.82, 2.24) is 0 Å². The molecular formula is C7H7BrO2. The third-order valence-corrected chi connectivity index (χ3v) is 1.61. The van der Waals surface area contributed by atoms with Crippen LogP contribution in [0, 0.1) is 0 Å². The maximum Gasteiger partial charge on any atom is 0.185 e. The van der Waals surface area contributed by atoms with Crippen molar-refractivity contribution in [2.45, 2.75) is 11.8 Å². The molecule has 0 aromatic carbocycles. The molecule has 10 heavy (non-hydrogen) atoms. The van der Waals surface area contributed by atoms with Gasteiger partial charge in [0.1, 0.15) is 5.76 Å². The lowest BCUT2D eigenvalue weighted by Gasteiger charge is -1.93. The van der Waals surface area contributed by atoms with E-state index in [2.05, 4.69) is 15.9 Å². The first kappa shape index (κ1) is 7.54. The quantitative estimate of drug-likeness (QED) is 0.546. The molecule has 0 bridgehead atoms. The van der Waals surface area contributed by atoms with Crippen LogP contribution in [0.5, 0.6) is 0 Å². The lowest BCUT2D eigenvalue weighted by atomic mass is 10.4. The number of alkyl halides is 1. The van der Waals surface area contributed by atoms with Gasteiger partial charge in [0, 0.05) is 0 Å². The summed E-state index contributed by atoms with van der Waals surface area (Å²) in [6.07, 6.45) is 0.693. The second-order valence-electron chi connectivity index (χ2n) is 1.97. The third kappa shape index (κ3) is 1.48. The van der Waals surface area contributed by atoms with E-state index >= 15 is 0 Å². The van der Waals surface area contributed by atoms with Crippen LogP contribution in [0.1, 0.15) is 28.1 Å². The fourth-order valence-corrected chi connectivity index (χ4v) is 0.892. The summed E-state index contributed by atoms with van der Waals surface area (Å²) in [6.45, 7) is 1.94. The van der Waals surface area contributed by atoms with Gasteiger partial charge in [-0.15, -0.1) is 0 Å². The number of furan rings is 1. The van der Waals surface area contributed by atoms with Crippen LogP contribution in [0.25, 0.3) is 0 Å². The number of aldehydes is 1. The molecule has 1 heterocycles. The zero-order chi connectivity index (χ0) is 7.56. The number of halogens is 1. The van der Waals surface area contributed by atoms with Crippen LogP contribution in [0.15, 0.2) is 16.5 Å². The molecule has 1 rings (SSSR count). The summed E-state index contributed by atoms with van der Waals surface area (Å²) in [5.74, 6) is 1.16. The van der Waals surface area contributed by atoms with E-state index in [0.29, 0.717) is 12.0 Å². The predicted octanol–water partition coefficient (Wildman–Crippen LogP) is 2.55. The lowest BCUT2D eigenvalue weighted by molar-refractivity contribution is 0.109. The van der Waals surface area contributed by atoms with Gasteiger partial charge in [-0.3, -0.25) is 4.79 Å². The molecule has 0 aliphatic heterocycles. The zero-order valence-electron chi connectivity index (χ0n) is 5.50. The minimum Gasteiger partial charge on any atom is -0.457 e. The molecule has 1 unspecified atom stereocenters. The van der Waals surface area contributed by atoms with Gasteiger partial charge in [0.2, 0.25) is 0 Å². The van der Waals surface area contributed by atoms with Crippen molar-refractivity contribution in [3.05, 3.63) is 23.7 Å². The van der Waals surface area contributed by atoms with Crippen molar-refractivity contribution in [2.75, 3.05) is 0 Å². The van der Waals surface area contributed by atoms with Gasteiger partial charge >= 0.3 is 0 Å². The zero-order valence-corrected chi connectivity index (χ0v) is 7.09. The Hall–Kier alpha value is -0.570. The molecule has 0 fully saturated rings. The standard InChI is InChI=1S/C7H7BrO2/c1-5(8)7-3-2-6(4-9)10-7/h2-5H,1H3. The topological polar surface area (TPSA) is 30.2 Å². The fraction of sp³-hybridized carbons (Fsp3) is 0.286. The van der Waals surface area contributed by atoms with Gasteiger partial charge in [0.05, 0.1) is 4.83 Å². The summed E-state index contributed by atoms with van der Waals surface area (Å²) in [5.41, 5.74) is 0. The first-order valence-corrected chi connectivity index (χ1v) is 3.84. The molecule has 0 saturated heterocycles. The molecule has 1 aromatic rings. The average molecular weight is 203 g/mol. The van der Waals surface area contributed by atoms with Crippen LogP contribution in [-0.2, 0) is 0 Å². The van der Waals surface area contributed by atoms with Crippen LogP contribution in [0.4, 0.5) is 0 Å². The third-order valence-electron chi connectivity index (χ3n) is 1.16. The normalized spacial score (nSPS) is 13.0. The number of hydrogen-bond donors (Lipinski definition) is 0. The number of carbonyl (C=O) groups excluding carboxylic acids is 1. The molecule has 0 amide bonds. The van der Waals surface area contributed by atoms with Crippen molar-refractivity contribution in [3.8, 4) is 0 Å². The van der Waals surface area contributed by atoms with E-state index in [9.17, 15) is 4.79 Å². The smallest absolute Gasteiger partial charge is 0.185 e. The highest BCUT2D eigenvalue weighted by atomic mass is 79.9. The average Bonchev–Trinajstić information content (AvgIpc) is 2.34. The van der Waals surface area contributed by atoms with Gasteiger partial charge in [0.15, 0.2) is 12.0 Å². The van der Waals surface area contributed by atoms with E-state index in [1.54, 1.807) is 12.1 Å². The van der Waals surface area contributed by atoms with Crippen molar-refractivity contribution in [3.63, 3.8) is 0 Å². The van der Waals surface area contributed by atoms with E-state index in [1.807, 2.05) is 6.92 Å². The molecule has 0 aliphatic rings. The largest absolute Gasteiger partial charge is 0.457 e. The highest BCUT2D eigenvalue weighted by molar-refractivity contribution is 9.09.